The van der Waals surface area contributed by atoms with Crippen molar-refractivity contribution in [1.29, 1.82) is 0 Å². The van der Waals surface area contributed by atoms with Crippen LogP contribution in [0.15, 0.2) is 55.0 Å². The maximum Gasteiger partial charge on any atom is 0.140 e. The number of aromatic nitrogens is 4. The van der Waals surface area contributed by atoms with Crippen molar-refractivity contribution in [3.63, 3.8) is 0 Å². The van der Waals surface area contributed by atoms with Gasteiger partial charge in [-0.2, -0.15) is 0 Å². The van der Waals surface area contributed by atoms with Gasteiger partial charge >= 0.3 is 0 Å². The Morgan fingerprint density at radius 3 is 2.79 bits per heavy atom. The summed E-state index contributed by atoms with van der Waals surface area (Å²) < 4.78 is 0. The van der Waals surface area contributed by atoms with Gasteiger partial charge < -0.3 is 4.98 Å². The summed E-state index contributed by atoms with van der Waals surface area (Å²) in [4.78, 5) is 16.5. The van der Waals surface area contributed by atoms with Gasteiger partial charge in [-0.1, -0.05) is 0 Å². The largest absolute Gasteiger partial charge is 0.338 e. The van der Waals surface area contributed by atoms with Gasteiger partial charge in [0.25, 0.3) is 0 Å². The maximum atomic E-state index is 4.68. The number of benzene rings is 1. The first-order chi connectivity index (χ1) is 9.42. The molecular formula is C15H10N4. The highest BCUT2D eigenvalue weighted by molar-refractivity contribution is 6.03. The van der Waals surface area contributed by atoms with Crippen molar-refractivity contribution in [2.45, 2.75) is 0 Å². The van der Waals surface area contributed by atoms with Crippen LogP contribution in [0.4, 0.5) is 0 Å². The average Bonchev–Trinajstić information content (AvgIpc) is 2.93. The fraction of sp³-hybridized carbons (Fsp3) is 0. The molecule has 0 unspecified atom stereocenters. The Kier molecular flexibility index (Phi) is 2.08. The smallest absolute Gasteiger partial charge is 0.140 e. The van der Waals surface area contributed by atoms with E-state index < -0.39 is 0 Å². The van der Waals surface area contributed by atoms with Gasteiger partial charge in [-0.15, -0.1) is 0 Å². The molecule has 0 bridgehead atoms. The monoisotopic (exact) mass is 246 g/mol. The van der Waals surface area contributed by atoms with E-state index in [1.807, 2.05) is 36.4 Å². The van der Waals surface area contributed by atoms with Crippen molar-refractivity contribution in [1.82, 2.24) is 19.9 Å². The lowest BCUT2D eigenvalue weighted by atomic mass is 10.2. The summed E-state index contributed by atoms with van der Waals surface area (Å²) in [5, 5.41) is 1.06. The van der Waals surface area contributed by atoms with Gasteiger partial charge in [0.1, 0.15) is 5.82 Å². The van der Waals surface area contributed by atoms with Crippen LogP contribution in [0.2, 0.25) is 0 Å². The van der Waals surface area contributed by atoms with Crippen LogP contribution in [-0.4, -0.2) is 19.9 Å². The molecule has 0 saturated heterocycles. The van der Waals surface area contributed by atoms with Crippen LogP contribution in [0.25, 0.3) is 33.3 Å². The molecule has 0 amide bonds. The van der Waals surface area contributed by atoms with Crippen molar-refractivity contribution < 1.29 is 0 Å². The zero-order valence-corrected chi connectivity index (χ0v) is 10.0. The topological polar surface area (TPSA) is 54.5 Å². The van der Waals surface area contributed by atoms with Crippen LogP contribution in [0.3, 0.4) is 0 Å². The molecule has 90 valence electrons. The predicted octanol–water partition coefficient (Wildman–Crippen LogP) is 3.17. The highest BCUT2D eigenvalue weighted by Gasteiger charge is 2.08. The lowest BCUT2D eigenvalue weighted by molar-refractivity contribution is 1.27. The van der Waals surface area contributed by atoms with Crippen LogP contribution in [0.5, 0.6) is 0 Å². The summed E-state index contributed by atoms with van der Waals surface area (Å²) in [5.74, 6) is 0.833. The first-order valence-corrected chi connectivity index (χ1v) is 6.06. The third-order valence-electron chi connectivity index (χ3n) is 3.17. The first kappa shape index (κ1) is 10.2. The van der Waals surface area contributed by atoms with Crippen LogP contribution in [0.1, 0.15) is 0 Å². The molecule has 0 aliphatic rings. The highest BCUT2D eigenvalue weighted by atomic mass is 14.9. The SMILES string of the molecule is c1cncc(-c2nc3c(ccc4ncccc43)[nH]2)c1. The number of aromatic amines is 1. The van der Waals surface area contributed by atoms with E-state index in [-0.39, 0.29) is 0 Å². The number of hydrogen-bond donors (Lipinski definition) is 1. The van der Waals surface area contributed by atoms with E-state index in [0.717, 1.165) is 33.3 Å². The van der Waals surface area contributed by atoms with Crippen molar-refractivity contribution in [3.05, 3.63) is 55.0 Å². The van der Waals surface area contributed by atoms with E-state index in [9.17, 15) is 0 Å². The predicted molar refractivity (Wildman–Crippen MR) is 74.6 cm³/mol. The Labute approximate surface area is 109 Å². The minimum absolute atomic E-state index is 0.833. The first-order valence-electron chi connectivity index (χ1n) is 6.06. The maximum absolute atomic E-state index is 4.68. The number of imidazole rings is 1. The molecule has 4 heteroatoms. The number of fused-ring (bicyclic) bond motifs is 3. The molecule has 0 spiro atoms. The molecule has 0 atom stereocenters. The van der Waals surface area contributed by atoms with E-state index in [2.05, 4.69) is 19.9 Å². The summed E-state index contributed by atoms with van der Waals surface area (Å²) in [6, 6.07) is 11.9. The van der Waals surface area contributed by atoms with Gasteiger partial charge in [0.15, 0.2) is 0 Å². The third-order valence-corrected chi connectivity index (χ3v) is 3.17. The molecule has 0 radical (unpaired) electrons. The van der Waals surface area contributed by atoms with Gasteiger partial charge in [0.05, 0.1) is 16.6 Å². The molecule has 0 saturated carbocycles. The molecule has 0 aliphatic carbocycles. The van der Waals surface area contributed by atoms with Gasteiger partial charge in [-0.25, -0.2) is 4.98 Å². The number of H-pyrrole nitrogens is 1. The van der Waals surface area contributed by atoms with Gasteiger partial charge in [0, 0.05) is 29.5 Å². The fourth-order valence-electron chi connectivity index (χ4n) is 2.27. The van der Waals surface area contributed by atoms with Crippen molar-refractivity contribution >= 4 is 21.9 Å². The number of pyridine rings is 2. The summed E-state index contributed by atoms with van der Waals surface area (Å²) in [6.07, 6.45) is 5.35. The van der Waals surface area contributed by atoms with E-state index in [1.165, 1.54) is 0 Å². The van der Waals surface area contributed by atoms with E-state index in [0.29, 0.717) is 0 Å². The molecule has 3 aromatic heterocycles. The molecular weight excluding hydrogens is 236 g/mol. The average molecular weight is 246 g/mol. The molecule has 4 rings (SSSR count). The number of nitrogens with one attached hydrogen (secondary N) is 1. The standard InChI is InChI=1S/C15H10N4/c1-3-10(9-16-7-1)15-18-13-6-5-12-11(14(13)19-15)4-2-8-17-12/h1-9H,(H,18,19). The van der Waals surface area contributed by atoms with Crippen LogP contribution in [0, 0.1) is 0 Å². The van der Waals surface area contributed by atoms with Gasteiger partial charge in [-0.05, 0) is 36.4 Å². The third kappa shape index (κ3) is 1.57. The summed E-state index contributed by atoms with van der Waals surface area (Å²) in [5.41, 5.74) is 3.90. The zero-order chi connectivity index (χ0) is 12.7. The second kappa shape index (κ2) is 3.88. The van der Waals surface area contributed by atoms with Crippen molar-refractivity contribution in [2.75, 3.05) is 0 Å². The lowest BCUT2D eigenvalue weighted by Crippen LogP contribution is -1.80. The Bertz CT molecular complexity index is 865. The number of rotatable bonds is 1. The number of hydrogen-bond acceptors (Lipinski definition) is 3. The highest BCUT2D eigenvalue weighted by Crippen LogP contribution is 2.25. The molecule has 3 heterocycles. The molecule has 19 heavy (non-hydrogen) atoms. The fourth-order valence-corrected chi connectivity index (χ4v) is 2.27. The summed E-state index contributed by atoms with van der Waals surface area (Å²) in [7, 11) is 0. The van der Waals surface area contributed by atoms with Crippen LogP contribution in [-0.2, 0) is 0 Å². The zero-order valence-electron chi connectivity index (χ0n) is 10.0. The Balaban J connectivity index is 2.04. The van der Waals surface area contributed by atoms with Crippen molar-refractivity contribution in [3.8, 4) is 11.4 Å². The molecule has 0 aliphatic heterocycles. The van der Waals surface area contributed by atoms with E-state index in [4.69, 9.17) is 0 Å². The summed E-state index contributed by atoms with van der Waals surface area (Å²) >= 11 is 0. The Morgan fingerprint density at radius 2 is 1.89 bits per heavy atom. The lowest BCUT2D eigenvalue weighted by Gasteiger charge is -1.95. The Morgan fingerprint density at radius 1 is 0.947 bits per heavy atom. The summed E-state index contributed by atoms with van der Waals surface area (Å²) in [6.45, 7) is 0. The molecule has 4 aromatic rings. The quantitative estimate of drug-likeness (QED) is 0.561. The normalized spacial score (nSPS) is 11.2. The van der Waals surface area contributed by atoms with Crippen molar-refractivity contribution in [2.24, 2.45) is 0 Å². The molecule has 1 aromatic carbocycles. The van der Waals surface area contributed by atoms with E-state index in [1.54, 1.807) is 18.6 Å². The minimum atomic E-state index is 0.833. The van der Waals surface area contributed by atoms with Crippen LogP contribution >= 0.6 is 0 Å². The van der Waals surface area contributed by atoms with E-state index >= 15 is 0 Å². The molecule has 1 N–H and O–H groups in total. The molecule has 0 fully saturated rings. The Hall–Kier alpha value is -2.75. The second-order valence-electron chi connectivity index (χ2n) is 4.36. The number of nitrogens with zero attached hydrogens (tertiary/aromatic N) is 3. The minimum Gasteiger partial charge on any atom is -0.338 e. The van der Waals surface area contributed by atoms with Gasteiger partial charge in [-0.3, -0.25) is 9.97 Å². The molecule has 4 nitrogen and oxygen atoms in total. The second-order valence-corrected chi connectivity index (χ2v) is 4.36. The van der Waals surface area contributed by atoms with Crippen LogP contribution < -0.4 is 0 Å². The van der Waals surface area contributed by atoms with Gasteiger partial charge in [0.2, 0.25) is 0 Å².